The van der Waals surface area contributed by atoms with Gasteiger partial charge < -0.3 is 10.0 Å². The number of carbonyl (C=O) groups excluding carboxylic acids is 1. The molecule has 0 spiro atoms. The first-order valence-corrected chi connectivity index (χ1v) is 8.38. The molecule has 1 amide bonds. The van der Waals surface area contributed by atoms with Gasteiger partial charge in [0.2, 0.25) is 5.91 Å². The zero-order valence-electron chi connectivity index (χ0n) is 11.8. The molecule has 0 atom stereocenters. The highest BCUT2D eigenvalue weighted by molar-refractivity contribution is 7.99. The van der Waals surface area contributed by atoms with Crippen LogP contribution < -0.4 is 0 Å². The van der Waals surface area contributed by atoms with E-state index in [0.717, 1.165) is 18.6 Å². The molecule has 0 aromatic heterocycles. The Bertz CT molecular complexity index is 406. The van der Waals surface area contributed by atoms with Gasteiger partial charge in [-0.3, -0.25) is 4.79 Å². The second-order valence-electron chi connectivity index (χ2n) is 5.16. The summed E-state index contributed by atoms with van der Waals surface area (Å²) in [5.41, 5.74) is 0. The molecule has 4 heteroatoms. The van der Waals surface area contributed by atoms with Crippen molar-refractivity contribution >= 4 is 17.7 Å². The molecule has 3 nitrogen and oxygen atoms in total. The highest BCUT2D eigenvalue weighted by atomic mass is 32.2. The number of hydrogen-bond acceptors (Lipinski definition) is 3. The first-order valence-electron chi connectivity index (χ1n) is 7.39. The number of hydrogen-bond donors (Lipinski definition) is 1. The van der Waals surface area contributed by atoms with Crippen LogP contribution in [0, 0.1) is 0 Å². The number of amides is 1. The van der Waals surface area contributed by atoms with Crippen molar-refractivity contribution in [3.05, 3.63) is 30.3 Å². The molecule has 110 valence electrons. The Morgan fingerprint density at radius 1 is 1.30 bits per heavy atom. The topological polar surface area (TPSA) is 40.5 Å². The first kappa shape index (κ1) is 15.4. The van der Waals surface area contributed by atoms with Crippen LogP contribution in [-0.4, -0.2) is 40.9 Å². The summed E-state index contributed by atoms with van der Waals surface area (Å²) in [5, 5.41) is 8.95. The van der Waals surface area contributed by atoms with Gasteiger partial charge >= 0.3 is 0 Å². The van der Waals surface area contributed by atoms with Crippen molar-refractivity contribution in [1.29, 1.82) is 0 Å². The molecule has 0 bridgehead atoms. The summed E-state index contributed by atoms with van der Waals surface area (Å²) >= 11 is 1.73. The third-order valence-electron chi connectivity index (χ3n) is 3.72. The van der Waals surface area contributed by atoms with Crippen molar-refractivity contribution in [1.82, 2.24) is 4.90 Å². The molecule has 0 radical (unpaired) electrons. The van der Waals surface area contributed by atoms with E-state index in [9.17, 15) is 4.79 Å². The molecule has 1 aliphatic carbocycles. The van der Waals surface area contributed by atoms with E-state index < -0.39 is 0 Å². The fourth-order valence-corrected chi connectivity index (χ4v) is 3.23. The van der Waals surface area contributed by atoms with Gasteiger partial charge in [0.25, 0.3) is 0 Å². The zero-order chi connectivity index (χ0) is 14.2. The Kier molecular flexibility index (Phi) is 6.40. The van der Waals surface area contributed by atoms with Crippen molar-refractivity contribution in [2.45, 2.75) is 43.0 Å². The largest absolute Gasteiger partial charge is 0.396 e. The second-order valence-corrected chi connectivity index (χ2v) is 6.33. The van der Waals surface area contributed by atoms with Gasteiger partial charge in [0.1, 0.15) is 0 Å². The van der Waals surface area contributed by atoms with Crippen molar-refractivity contribution in [3.8, 4) is 0 Å². The Morgan fingerprint density at radius 2 is 2.05 bits per heavy atom. The number of carbonyl (C=O) groups is 1. The van der Waals surface area contributed by atoms with Gasteiger partial charge in [-0.2, -0.15) is 0 Å². The van der Waals surface area contributed by atoms with Gasteiger partial charge in [-0.15, -0.1) is 11.8 Å². The van der Waals surface area contributed by atoms with Crippen LogP contribution in [0.2, 0.25) is 0 Å². The summed E-state index contributed by atoms with van der Waals surface area (Å²) in [7, 11) is 0. The van der Waals surface area contributed by atoms with Gasteiger partial charge in [0.05, 0.1) is 0 Å². The third kappa shape index (κ3) is 4.53. The normalized spacial score (nSPS) is 14.8. The van der Waals surface area contributed by atoms with Crippen LogP contribution in [0.15, 0.2) is 35.2 Å². The fourth-order valence-electron chi connectivity index (χ4n) is 2.37. The quantitative estimate of drug-likeness (QED) is 0.749. The number of benzene rings is 1. The summed E-state index contributed by atoms with van der Waals surface area (Å²) in [5.74, 6) is 1.07. The lowest BCUT2D eigenvalue weighted by Gasteiger charge is -2.37. The summed E-state index contributed by atoms with van der Waals surface area (Å²) in [6.07, 6.45) is 4.76. The molecular weight excluding hydrogens is 270 g/mol. The maximum atomic E-state index is 12.3. The zero-order valence-corrected chi connectivity index (χ0v) is 12.6. The Labute approximate surface area is 125 Å². The lowest BCUT2D eigenvalue weighted by atomic mass is 9.91. The molecule has 2 rings (SSSR count). The summed E-state index contributed by atoms with van der Waals surface area (Å²) in [6.45, 7) is 0.866. The molecule has 1 aromatic rings. The van der Waals surface area contributed by atoms with Crippen LogP contribution in [0.5, 0.6) is 0 Å². The van der Waals surface area contributed by atoms with Crippen LogP contribution in [0.3, 0.4) is 0 Å². The van der Waals surface area contributed by atoms with E-state index in [0.29, 0.717) is 25.4 Å². The van der Waals surface area contributed by atoms with Gasteiger partial charge in [-0.1, -0.05) is 18.2 Å². The number of aliphatic hydroxyl groups is 1. The van der Waals surface area contributed by atoms with Crippen LogP contribution >= 0.6 is 11.8 Å². The molecule has 1 aliphatic rings. The number of aliphatic hydroxyl groups excluding tert-OH is 1. The average Bonchev–Trinajstić information content (AvgIpc) is 2.42. The van der Waals surface area contributed by atoms with Crippen molar-refractivity contribution in [3.63, 3.8) is 0 Å². The predicted molar refractivity (Wildman–Crippen MR) is 82.8 cm³/mol. The third-order valence-corrected chi connectivity index (χ3v) is 4.73. The van der Waals surface area contributed by atoms with Crippen LogP contribution in [-0.2, 0) is 4.79 Å². The van der Waals surface area contributed by atoms with Gasteiger partial charge in [0.15, 0.2) is 0 Å². The molecule has 0 aliphatic heterocycles. The average molecular weight is 293 g/mol. The number of nitrogens with zero attached hydrogens (tertiary/aromatic N) is 1. The molecule has 1 aromatic carbocycles. The van der Waals surface area contributed by atoms with Gasteiger partial charge in [-0.05, 0) is 37.8 Å². The van der Waals surface area contributed by atoms with E-state index in [2.05, 4.69) is 12.1 Å². The first-order chi connectivity index (χ1) is 9.81. The van der Waals surface area contributed by atoms with Crippen molar-refractivity contribution in [2.75, 3.05) is 18.9 Å². The second kappa shape index (κ2) is 8.32. The maximum absolute atomic E-state index is 12.3. The molecule has 0 saturated heterocycles. The molecule has 1 fully saturated rings. The van der Waals surface area contributed by atoms with Gasteiger partial charge in [0, 0.05) is 36.3 Å². The SMILES string of the molecule is O=C(CCSc1ccccc1)N(CCCO)C1CCC1. The number of thioether (sulfide) groups is 1. The standard InChI is InChI=1S/C16H23NO2S/c18-12-5-11-17(14-6-4-7-14)16(19)10-13-20-15-8-2-1-3-9-15/h1-3,8-9,14,18H,4-7,10-13H2. The Hall–Kier alpha value is -1.00. The lowest BCUT2D eigenvalue weighted by Crippen LogP contribution is -2.45. The van der Waals surface area contributed by atoms with Crippen molar-refractivity contribution in [2.24, 2.45) is 0 Å². The van der Waals surface area contributed by atoms with E-state index in [4.69, 9.17) is 5.11 Å². The summed E-state index contributed by atoms with van der Waals surface area (Å²) < 4.78 is 0. The predicted octanol–water partition coefficient (Wildman–Crippen LogP) is 2.93. The summed E-state index contributed by atoms with van der Waals surface area (Å²) in [4.78, 5) is 15.5. The minimum absolute atomic E-state index is 0.162. The van der Waals surface area contributed by atoms with Crippen molar-refractivity contribution < 1.29 is 9.90 Å². The smallest absolute Gasteiger partial charge is 0.223 e. The molecule has 1 saturated carbocycles. The maximum Gasteiger partial charge on any atom is 0.223 e. The number of rotatable bonds is 8. The van der Waals surface area contributed by atoms with E-state index in [-0.39, 0.29) is 12.5 Å². The van der Waals surface area contributed by atoms with E-state index in [1.54, 1.807) is 11.8 Å². The van der Waals surface area contributed by atoms with E-state index >= 15 is 0 Å². The van der Waals surface area contributed by atoms with Crippen LogP contribution in [0.1, 0.15) is 32.1 Å². The lowest BCUT2D eigenvalue weighted by molar-refractivity contribution is -0.134. The Morgan fingerprint density at radius 3 is 2.65 bits per heavy atom. The minimum atomic E-state index is 0.162. The van der Waals surface area contributed by atoms with E-state index in [1.165, 1.54) is 11.3 Å². The highest BCUT2D eigenvalue weighted by Crippen LogP contribution is 2.26. The highest BCUT2D eigenvalue weighted by Gasteiger charge is 2.27. The monoisotopic (exact) mass is 293 g/mol. The molecule has 20 heavy (non-hydrogen) atoms. The molecule has 0 unspecified atom stereocenters. The molecule has 0 heterocycles. The summed E-state index contributed by atoms with van der Waals surface area (Å²) in [6, 6.07) is 10.6. The van der Waals surface area contributed by atoms with Gasteiger partial charge in [-0.25, -0.2) is 0 Å². The van der Waals surface area contributed by atoms with Crippen LogP contribution in [0.4, 0.5) is 0 Å². The fraction of sp³-hybridized carbons (Fsp3) is 0.562. The minimum Gasteiger partial charge on any atom is -0.396 e. The van der Waals surface area contributed by atoms with E-state index in [1.807, 2.05) is 23.1 Å². The molecule has 1 N–H and O–H groups in total. The molecular formula is C16H23NO2S. The van der Waals surface area contributed by atoms with Crippen LogP contribution in [0.25, 0.3) is 0 Å². The Balaban J connectivity index is 1.76.